The second kappa shape index (κ2) is 7.00. The molecule has 2 amide bonds. The molecule has 1 aromatic heterocycles. The van der Waals surface area contributed by atoms with Gasteiger partial charge in [-0.3, -0.25) is 9.59 Å². The van der Waals surface area contributed by atoms with E-state index in [0.29, 0.717) is 18.5 Å². The Balaban J connectivity index is 1.40. The Morgan fingerprint density at radius 2 is 1.92 bits per heavy atom. The third kappa shape index (κ3) is 3.31. The molecule has 26 heavy (non-hydrogen) atoms. The van der Waals surface area contributed by atoms with Gasteiger partial charge in [-0.2, -0.15) is 0 Å². The summed E-state index contributed by atoms with van der Waals surface area (Å²) in [6.45, 7) is 1.08. The molecule has 4 rings (SSSR count). The normalized spacial score (nSPS) is 14.6. The van der Waals surface area contributed by atoms with Crippen LogP contribution in [0.4, 0.5) is 5.69 Å². The van der Waals surface area contributed by atoms with Crippen molar-refractivity contribution in [3.8, 4) is 0 Å². The maximum absolute atomic E-state index is 12.4. The van der Waals surface area contributed by atoms with Gasteiger partial charge < -0.3 is 15.2 Å². The van der Waals surface area contributed by atoms with E-state index >= 15 is 0 Å². The number of imidazole rings is 1. The summed E-state index contributed by atoms with van der Waals surface area (Å²) in [5, 5.41) is 2.87. The van der Waals surface area contributed by atoms with E-state index in [4.69, 9.17) is 0 Å². The topological polar surface area (TPSA) is 78.1 Å². The SMILES string of the molecule is O=C(NCc1nc2ccccc2[nH]1)c1ccc(N2CCCCC2=O)cc1. The van der Waals surface area contributed by atoms with Crippen LogP contribution in [0, 0.1) is 0 Å². The van der Waals surface area contributed by atoms with Crippen LogP contribution < -0.4 is 10.2 Å². The van der Waals surface area contributed by atoms with Crippen molar-refractivity contribution in [2.75, 3.05) is 11.4 Å². The lowest BCUT2D eigenvalue weighted by molar-refractivity contribution is -0.119. The van der Waals surface area contributed by atoms with Crippen LogP contribution in [0.3, 0.4) is 0 Å². The van der Waals surface area contributed by atoms with E-state index in [1.54, 1.807) is 17.0 Å². The molecule has 0 saturated carbocycles. The molecule has 0 spiro atoms. The number of carbonyl (C=O) groups excluding carboxylic acids is 2. The van der Waals surface area contributed by atoms with Crippen molar-refractivity contribution in [2.24, 2.45) is 0 Å². The molecule has 0 bridgehead atoms. The van der Waals surface area contributed by atoms with Crippen LogP contribution in [0.1, 0.15) is 35.4 Å². The number of anilines is 1. The first-order chi connectivity index (χ1) is 12.7. The number of rotatable bonds is 4. The first-order valence-electron chi connectivity index (χ1n) is 8.83. The van der Waals surface area contributed by atoms with E-state index in [0.717, 1.165) is 41.9 Å². The summed E-state index contributed by atoms with van der Waals surface area (Å²) in [6, 6.07) is 14.9. The van der Waals surface area contributed by atoms with E-state index < -0.39 is 0 Å². The fraction of sp³-hybridized carbons (Fsp3) is 0.250. The Morgan fingerprint density at radius 3 is 2.69 bits per heavy atom. The minimum absolute atomic E-state index is 0.151. The zero-order chi connectivity index (χ0) is 17.9. The number of nitrogens with zero attached hydrogens (tertiary/aromatic N) is 2. The quantitative estimate of drug-likeness (QED) is 0.761. The van der Waals surface area contributed by atoms with Gasteiger partial charge in [0.2, 0.25) is 5.91 Å². The van der Waals surface area contributed by atoms with Crippen LogP contribution in [0.5, 0.6) is 0 Å². The number of carbonyl (C=O) groups is 2. The molecule has 2 N–H and O–H groups in total. The number of fused-ring (bicyclic) bond motifs is 1. The van der Waals surface area contributed by atoms with Crippen molar-refractivity contribution in [3.05, 3.63) is 59.9 Å². The fourth-order valence-corrected chi connectivity index (χ4v) is 3.23. The predicted molar refractivity (Wildman–Crippen MR) is 99.9 cm³/mol. The van der Waals surface area contributed by atoms with Crippen LogP contribution in [0.2, 0.25) is 0 Å². The number of piperidine rings is 1. The summed E-state index contributed by atoms with van der Waals surface area (Å²) in [4.78, 5) is 33.8. The van der Waals surface area contributed by atoms with E-state index in [9.17, 15) is 9.59 Å². The molecule has 2 aromatic carbocycles. The number of para-hydroxylation sites is 2. The average Bonchev–Trinajstić information content (AvgIpc) is 3.10. The smallest absolute Gasteiger partial charge is 0.251 e. The lowest BCUT2D eigenvalue weighted by Crippen LogP contribution is -2.35. The second-order valence-electron chi connectivity index (χ2n) is 6.43. The molecular weight excluding hydrogens is 328 g/mol. The molecule has 6 heteroatoms. The van der Waals surface area contributed by atoms with E-state index in [2.05, 4.69) is 15.3 Å². The van der Waals surface area contributed by atoms with E-state index in [-0.39, 0.29) is 11.8 Å². The van der Waals surface area contributed by atoms with Crippen molar-refractivity contribution >= 4 is 28.5 Å². The Bertz CT molecular complexity index is 913. The fourth-order valence-electron chi connectivity index (χ4n) is 3.23. The number of H-pyrrole nitrogens is 1. The molecule has 0 aliphatic carbocycles. The number of aromatic amines is 1. The van der Waals surface area contributed by atoms with Gasteiger partial charge in [-0.1, -0.05) is 12.1 Å². The number of benzene rings is 2. The predicted octanol–water partition coefficient (Wildman–Crippen LogP) is 3.01. The van der Waals surface area contributed by atoms with Crippen molar-refractivity contribution in [1.29, 1.82) is 0 Å². The highest BCUT2D eigenvalue weighted by Crippen LogP contribution is 2.21. The van der Waals surface area contributed by atoms with Crippen molar-refractivity contribution < 1.29 is 9.59 Å². The lowest BCUT2D eigenvalue weighted by Gasteiger charge is -2.26. The minimum Gasteiger partial charge on any atom is -0.345 e. The van der Waals surface area contributed by atoms with Gasteiger partial charge in [-0.15, -0.1) is 0 Å². The summed E-state index contributed by atoms with van der Waals surface area (Å²) in [7, 11) is 0. The third-order valence-electron chi connectivity index (χ3n) is 4.62. The van der Waals surface area contributed by atoms with Crippen molar-refractivity contribution in [1.82, 2.24) is 15.3 Å². The number of amides is 2. The molecule has 1 aliphatic heterocycles. The Hall–Kier alpha value is -3.15. The highest BCUT2D eigenvalue weighted by molar-refractivity contribution is 5.96. The van der Waals surface area contributed by atoms with Gasteiger partial charge >= 0.3 is 0 Å². The Kier molecular flexibility index (Phi) is 4.39. The molecule has 132 valence electrons. The van der Waals surface area contributed by atoms with Crippen molar-refractivity contribution in [2.45, 2.75) is 25.8 Å². The maximum atomic E-state index is 12.4. The second-order valence-corrected chi connectivity index (χ2v) is 6.43. The first-order valence-corrected chi connectivity index (χ1v) is 8.83. The lowest BCUT2D eigenvalue weighted by atomic mass is 10.1. The molecule has 3 aromatic rings. The van der Waals surface area contributed by atoms with Gasteiger partial charge in [0.15, 0.2) is 0 Å². The highest BCUT2D eigenvalue weighted by Gasteiger charge is 2.19. The summed E-state index contributed by atoms with van der Waals surface area (Å²) in [5.41, 5.74) is 3.25. The standard InChI is InChI=1S/C20H20N4O2/c25-19-7-3-4-12-24(19)15-10-8-14(9-11-15)20(26)21-13-18-22-16-5-1-2-6-17(16)23-18/h1-2,5-6,8-11H,3-4,7,12-13H2,(H,21,26)(H,22,23). The van der Waals surface area contributed by atoms with Gasteiger partial charge in [0.25, 0.3) is 5.91 Å². The van der Waals surface area contributed by atoms with Gasteiger partial charge in [-0.25, -0.2) is 4.98 Å². The van der Waals surface area contributed by atoms with Gasteiger partial charge in [0.1, 0.15) is 5.82 Å². The number of hydrogen-bond donors (Lipinski definition) is 2. The first kappa shape index (κ1) is 16.3. The largest absolute Gasteiger partial charge is 0.345 e. The van der Waals surface area contributed by atoms with E-state index in [1.165, 1.54) is 0 Å². The third-order valence-corrected chi connectivity index (χ3v) is 4.62. The maximum Gasteiger partial charge on any atom is 0.251 e. The molecule has 2 heterocycles. The highest BCUT2D eigenvalue weighted by atomic mass is 16.2. The summed E-state index contributed by atoms with van der Waals surface area (Å²) >= 11 is 0. The number of aromatic nitrogens is 2. The molecule has 0 unspecified atom stereocenters. The molecule has 1 saturated heterocycles. The monoisotopic (exact) mass is 348 g/mol. The molecule has 0 atom stereocenters. The van der Waals surface area contributed by atoms with Crippen LogP contribution in [-0.2, 0) is 11.3 Å². The minimum atomic E-state index is -0.165. The summed E-state index contributed by atoms with van der Waals surface area (Å²) < 4.78 is 0. The molecular formula is C20H20N4O2. The van der Waals surface area contributed by atoms with Gasteiger partial charge in [0, 0.05) is 24.2 Å². The number of nitrogens with one attached hydrogen (secondary N) is 2. The average molecular weight is 348 g/mol. The summed E-state index contributed by atoms with van der Waals surface area (Å²) in [5.74, 6) is 0.704. The summed E-state index contributed by atoms with van der Waals surface area (Å²) in [6.07, 6.45) is 2.57. The molecule has 6 nitrogen and oxygen atoms in total. The number of hydrogen-bond acceptors (Lipinski definition) is 3. The van der Waals surface area contributed by atoms with E-state index in [1.807, 2.05) is 36.4 Å². The Labute approximate surface area is 151 Å². The Morgan fingerprint density at radius 1 is 1.12 bits per heavy atom. The van der Waals surface area contributed by atoms with Gasteiger partial charge in [-0.05, 0) is 49.2 Å². The van der Waals surface area contributed by atoms with Gasteiger partial charge in [0.05, 0.1) is 17.6 Å². The zero-order valence-corrected chi connectivity index (χ0v) is 14.4. The van der Waals surface area contributed by atoms with Crippen LogP contribution in [0.15, 0.2) is 48.5 Å². The van der Waals surface area contributed by atoms with Crippen LogP contribution in [-0.4, -0.2) is 28.3 Å². The molecule has 1 fully saturated rings. The van der Waals surface area contributed by atoms with Crippen LogP contribution >= 0.6 is 0 Å². The zero-order valence-electron chi connectivity index (χ0n) is 14.4. The molecule has 0 radical (unpaired) electrons. The molecule has 1 aliphatic rings. The van der Waals surface area contributed by atoms with Crippen LogP contribution in [0.25, 0.3) is 11.0 Å². The van der Waals surface area contributed by atoms with Crippen molar-refractivity contribution in [3.63, 3.8) is 0 Å².